The molecular weight excluding hydrogens is 279 g/mol. The van der Waals surface area contributed by atoms with Gasteiger partial charge < -0.3 is 0 Å². The summed E-state index contributed by atoms with van der Waals surface area (Å²) in [5.41, 5.74) is 0. The summed E-state index contributed by atoms with van der Waals surface area (Å²) in [6.07, 6.45) is 7.95. The van der Waals surface area contributed by atoms with E-state index in [1.54, 1.807) is 3.96 Å². The van der Waals surface area contributed by atoms with Crippen molar-refractivity contribution in [2.45, 2.75) is 17.0 Å². The molecule has 0 atom stereocenters. The zero-order valence-electron chi connectivity index (χ0n) is 5.26. The standard InChI is InChI=1S/C5H5.2CH3.Pt/c1-2-4-5-3-1;;;/h1-3H,4H2;2*1H3;. The summed E-state index contributed by atoms with van der Waals surface area (Å²) in [4.78, 5) is 0. The van der Waals surface area contributed by atoms with E-state index in [2.05, 4.69) is 28.9 Å². The Hall–Kier alpha value is 0.168. The normalized spacial score (nSPS) is 18.8. The van der Waals surface area contributed by atoms with Crippen LogP contribution in [0.25, 0.3) is 0 Å². The van der Waals surface area contributed by atoms with Crippen molar-refractivity contribution in [3.8, 4) is 0 Å². The molecule has 0 aromatic heterocycles. The molecule has 1 aliphatic carbocycles. The average molecular weight is 290 g/mol. The van der Waals surface area contributed by atoms with Crippen LogP contribution < -0.4 is 0 Å². The Labute approximate surface area is 56.8 Å². The molecule has 0 amide bonds. The second-order valence-corrected chi connectivity index (χ2v) is 7.84. The molecule has 0 radical (unpaired) electrons. The molecule has 1 aliphatic rings. The molecule has 0 N–H and O–H groups in total. The molecule has 0 unspecified atom stereocenters. The summed E-state index contributed by atoms with van der Waals surface area (Å²) in [6, 6.07) is 0. The fourth-order valence-electron chi connectivity index (χ4n) is 0.642. The molecule has 0 bridgehead atoms. The summed E-state index contributed by atoms with van der Waals surface area (Å²) in [5.74, 6) is 0. The Morgan fingerprint density at radius 1 is 1.50 bits per heavy atom. The van der Waals surface area contributed by atoms with Gasteiger partial charge in [0.25, 0.3) is 0 Å². The summed E-state index contributed by atoms with van der Waals surface area (Å²) < 4.78 is 1.72. The van der Waals surface area contributed by atoms with Gasteiger partial charge >= 0.3 is 56.5 Å². The maximum atomic E-state index is 2.39. The van der Waals surface area contributed by atoms with E-state index >= 15 is 0 Å². The van der Waals surface area contributed by atoms with Crippen LogP contribution in [-0.2, 0) is 17.3 Å². The van der Waals surface area contributed by atoms with Crippen LogP contribution in [-0.4, -0.2) is 0 Å². The maximum absolute atomic E-state index is 2.39. The molecule has 49 valence electrons. The third kappa shape index (κ3) is 1.32. The molecule has 0 aromatic carbocycles. The Kier molecular flexibility index (Phi) is 2.07. The molecule has 0 heterocycles. The molecule has 0 aliphatic heterocycles. The Morgan fingerprint density at radius 2 is 2.25 bits per heavy atom. The molecule has 8 heavy (non-hydrogen) atoms. The van der Waals surface area contributed by atoms with Gasteiger partial charge in [-0.25, -0.2) is 0 Å². The molecule has 0 nitrogen and oxygen atoms in total. The number of allylic oxidation sites excluding steroid dienone is 4. The van der Waals surface area contributed by atoms with Crippen LogP contribution in [0.5, 0.6) is 0 Å². The summed E-state index contributed by atoms with van der Waals surface area (Å²) in [6.45, 7) is 0. The fourth-order valence-corrected chi connectivity index (χ4v) is 2.81. The van der Waals surface area contributed by atoms with Gasteiger partial charge in [-0.15, -0.1) is 0 Å². The minimum atomic E-state index is -0.580. The molecule has 1 rings (SSSR count). The van der Waals surface area contributed by atoms with Gasteiger partial charge in [0, 0.05) is 0 Å². The first kappa shape index (κ1) is 6.29. The van der Waals surface area contributed by atoms with Crippen molar-refractivity contribution in [2.75, 3.05) is 0 Å². The first-order chi connectivity index (χ1) is 3.80. The molecule has 0 fully saturated rings. The van der Waals surface area contributed by atoms with E-state index in [1.807, 2.05) is 0 Å². The predicted molar refractivity (Wildman–Crippen MR) is 33.6 cm³/mol. The molecule has 0 spiro atoms. The summed E-state index contributed by atoms with van der Waals surface area (Å²) in [7, 11) is 0. The first-order valence-electron chi connectivity index (χ1n) is 2.51. The fraction of sp³-hybridized carbons (Fsp3) is 0.429. The van der Waals surface area contributed by atoms with Gasteiger partial charge in [-0.2, -0.15) is 0 Å². The third-order valence-corrected chi connectivity index (χ3v) is 4.87. The van der Waals surface area contributed by atoms with E-state index in [9.17, 15) is 0 Å². The van der Waals surface area contributed by atoms with E-state index in [0.717, 1.165) is 0 Å². The van der Waals surface area contributed by atoms with Gasteiger partial charge in [-0.05, 0) is 0 Å². The van der Waals surface area contributed by atoms with Crippen molar-refractivity contribution in [1.29, 1.82) is 0 Å². The Balaban J connectivity index is 2.51. The Morgan fingerprint density at radius 3 is 2.50 bits per heavy atom. The Bertz CT molecular complexity index is 131. The van der Waals surface area contributed by atoms with Gasteiger partial charge in [0.2, 0.25) is 0 Å². The molecule has 1 heteroatoms. The van der Waals surface area contributed by atoms with E-state index in [-0.39, 0.29) is 0 Å². The van der Waals surface area contributed by atoms with Crippen LogP contribution in [0.1, 0.15) is 6.42 Å². The van der Waals surface area contributed by atoms with E-state index < -0.39 is 17.3 Å². The van der Waals surface area contributed by atoms with Crippen molar-refractivity contribution < 1.29 is 17.3 Å². The molecular formula is C7H11Pt. The van der Waals surface area contributed by atoms with Gasteiger partial charge in [0.05, 0.1) is 0 Å². The predicted octanol–water partition coefficient (Wildman–Crippen LogP) is 2.54. The topological polar surface area (TPSA) is 0 Å². The summed E-state index contributed by atoms with van der Waals surface area (Å²) >= 11 is -0.580. The van der Waals surface area contributed by atoms with Crippen molar-refractivity contribution in [3.63, 3.8) is 0 Å². The van der Waals surface area contributed by atoms with E-state index in [0.29, 0.717) is 0 Å². The zero-order valence-corrected chi connectivity index (χ0v) is 7.53. The van der Waals surface area contributed by atoms with E-state index in [4.69, 9.17) is 0 Å². The molecule has 0 saturated heterocycles. The van der Waals surface area contributed by atoms with E-state index in [1.165, 1.54) is 6.42 Å². The second kappa shape index (κ2) is 2.64. The number of hydrogen-bond acceptors (Lipinski definition) is 0. The molecule has 0 saturated carbocycles. The second-order valence-electron chi connectivity index (χ2n) is 1.84. The first-order valence-corrected chi connectivity index (χ1v) is 8.19. The van der Waals surface area contributed by atoms with Gasteiger partial charge in [0.15, 0.2) is 0 Å². The van der Waals surface area contributed by atoms with Crippen LogP contribution >= 0.6 is 0 Å². The zero-order chi connectivity index (χ0) is 5.98. The van der Waals surface area contributed by atoms with Crippen molar-refractivity contribution in [3.05, 3.63) is 22.2 Å². The monoisotopic (exact) mass is 290 g/mol. The van der Waals surface area contributed by atoms with Crippen molar-refractivity contribution >= 4 is 0 Å². The number of hydrogen-bond donors (Lipinski definition) is 0. The van der Waals surface area contributed by atoms with Crippen LogP contribution in [0.4, 0.5) is 0 Å². The average Bonchev–Trinajstić information content (AvgIpc) is 2.12. The number of rotatable bonds is 1. The van der Waals surface area contributed by atoms with Gasteiger partial charge in [0.1, 0.15) is 0 Å². The van der Waals surface area contributed by atoms with Crippen LogP contribution in [0.2, 0.25) is 10.6 Å². The molecule has 0 aromatic rings. The third-order valence-electron chi connectivity index (χ3n) is 1.11. The van der Waals surface area contributed by atoms with Gasteiger partial charge in [-0.1, -0.05) is 0 Å². The van der Waals surface area contributed by atoms with Crippen LogP contribution in [0.15, 0.2) is 22.2 Å². The SMILES string of the molecule is [CH3][Pt]([CH3])[C]1=CC=CC1. The van der Waals surface area contributed by atoms with Crippen LogP contribution in [0, 0.1) is 0 Å². The summed E-state index contributed by atoms with van der Waals surface area (Å²) in [5, 5.41) is 4.78. The van der Waals surface area contributed by atoms with Crippen LogP contribution in [0.3, 0.4) is 0 Å². The van der Waals surface area contributed by atoms with Gasteiger partial charge in [-0.3, -0.25) is 0 Å². The quantitative estimate of drug-likeness (QED) is 0.696. The minimum absolute atomic E-state index is 0.580. The van der Waals surface area contributed by atoms with Crippen molar-refractivity contribution in [2.24, 2.45) is 0 Å². The van der Waals surface area contributed by atoms with Crippen molar-refractivity contribution in [1.82, 2.24) is 0 Å².